The van der Waals surface area contributed by atoms with E-state index in [-0.39, 0.29) is 5.91 Å². The number of benzene rings is 3. The molecule has 0 saturated heterocycles. The Morgan fingerprint density at radius 1 is 1.00 bits per heavy atom. The van der Waals surface area contributed by atoms with E-state index in [0.717, 1.165) is 22.2 Å². The van der Waals surface area contributed by atoms with Gasteiger partial charge in [0, 0.05) is 25.7 Å². The van der Waals surface area contributed by atoms with Crippen LogP contribution in [0.2, 0.25) is 0 Å². The largest absolute Gasteiger partial charge is 0.387 e. The van der Waals surface area contributed by atoms with Crippen LogP contribution in [-0.2, 0) is 11.3 Å². The molecule has 0 saturated carbocycles. The molecule has 0 aliphatic rings. The lowest BCUT2D eigenvalue weighted by Gasteiger charge is -2.13. The molecule has 1 amide bonds. The second kappa shape index (κ2) is 7.92. The Labute approximate surface area is 147 Å². The van der Waals surface area contributed by atoms with E-state index in [9.17, 15) is 9.90 Å². The predicted molar refractivity (Wildman–Crippen MR) is 101 cm³/mol. The van der Waals surface area contributed by atoms with Gasteiger partial charge >= 0.3 is 0 Å². The van der Waals surface area contributed by atoms with Crippen LogP contribution in [0.3, 0.4) is 0 Å². The molecule has 3 aromatic carbocycles. The Hall–Kier alpha value is -2.69. The Morgan fingerprint density at radius 3 is 2.44 bits per heavy atom. The van der Waals surface area contributed by atoms with Crippen molar-refractivity contribution in [1.82, 2.24) is 5.32 Å². The van der Waals surface area contributed by atoms with E-state index < -0.39 is 6.10 Å². The molecule has 0 bridgehead atoms. The third kappa shape index (κ3) is 4.66. The lowest BCUT2D eigenvalue weighted by molar-refractivity contribution is -0.114. The summed E-state index contributed by atoms with van der Waals surface area (Å²) in [7, 11) is 0. The summed E-state index contributed by atoms with van der Waals surface area (Å²) in [6, 6.07) is 21.8. The van der Waals surface area contributed by atoms with Gasteiger partial charge in [0.2, 0.25) is 5.91 Å². The number of hydrogen-bond acceptors (Lipinski definition) is 3. The maximum atomic E-state index is 11.0. The van der Waals surface area contributed by atoms with Gasteiger partial charge in [-0.25, -0.2) is 0 Å². The molecule has 25 heavy (non-hydrogen) atoms. The number of nitrogens with one attached hydrogen (secondary N) is 2. The molecule has 0 aromatic heterocycles. The Kier molecular flexibility index (Phi) is 5.43. The van der Waals surface area contributed by atoms with Crippen LogP contribution < -0.4 is 10.6 Å². The average Bonchev–Trinajstić information content (AvgIpc) is 2.62. The van der Waals surface area contributed by atoms with Gasteiger partial charge in [-0.2, -0.15) is 0 Å². The SMILES string of the molecule is CC(=O)Nc1ccc(CNCC(O)c2ccc3ccccc3c2)cc1. The summed E-state index contributed by atoms with van der Waals surface area (Å²) in [5.74, 6) is -0.0793. The molecule has 4 heteroatoms. The standard InChI is InChI=1S/C21H22N2O2/c1-15(24)23-20-10-6-16(7-11-20)13-22-14-21(25)19-9-8-17-4-2-3-5-18(17)12-19/h2-12,21-22,25H,13-14H2,1H3,(H,23,24). The van der Waals surface area contributed by atoms with E-state index in [0.29, 0.717) is 13.1 Å². The predicted octanol–water partition coefficient (Wildman–Crippen LogP) is 3.62. The molecule has 0 aliphatic heterocycles. The third-order valence-corrected chi connectivity index (χ3v) is 4.10. The van der Waals surface area contributed by atoms with Crippen LogP contribution in [-0.4, -0.2) is 17.6 Å². The maximum Gasteiger partial charge on any atom is 0.221 e. The van der Waals surface area contributed by atoms with Crippen LogP contribution in [0.4, 0.5) is 5.69 Å². The fourth-order valence-corrected chi connectivity index (χ4v) is 2.80. The van der Waals surface area contributed by atoms with Gasteiger partial charge < -0.3 is 15.7 Å². The van der Waals surface area contributed by atoms with Crippen LogP contribution in [0.25, 0.3) is 10.8 Å². The first kappa shape index (κ1) is 17.1. The molecule has 4 nitrogen and oxygen atoms in total. The van der Waals surface area contributed by atoms with E-state index in [1.165, 1.54) is 12.3 Å². The molecule has 1 unspecified atom stereocenters. The van der Waals surface area contributed by atoms with Crippen molar-refractivity contribution in [2.24, 2.45) is 0 Å². The second-order valence-corrected chi connectivity index (χ2v) is 6.13. The fourth-order valence-electron chi connectivity index (χ4n) is 2.80. The Balaban J connectivity index is 1.54. The second-order valence-electron chi connectivity index (χ2n) is 6.13. The topological polar surface area (TPSA) is 61.4 Å². The number of amides is 1. The number of carbonyl (C=O) groups is 1. The van der Waals surface area contributed by atoms with E-state index in [1.54, 1.807) is 0 Å². The molecule has 0 fully saturated rings. The van der Waals surface area contributed by atoms with Gasteiger partial charge in [-0.1, -0.05) is 48.5 Å². The summed E-state index contributed by atoms with van der Waals surface area (Å²) < 4.78 is 0. The summed E-state index contributed by atoms with van der Waals surface area (Å²) in [5, 5.41) is 18.7. The molecule has 1 atom stereocenters. The Bertz CT molecular complexity index is 859. The zero-order valence-electron chi connectivity index (χ0n) is 14.2. The van der Waals surface area contributed by atoms with Crippen molar-refractivity contribution in [1.29, 1.82) is 0 Å². The fraction of sp³-hybridized carbons (Fsp3) is 0.190. The highest BCUT2D eigenvalue weighted by molar-refractivity contribution is 5.88. The number of aliphatic hydroxyl groups is 1. The van der Waals surface area contributed by atoms with Crippen LogP contribution in [0.15, 0.2) is 66.7 Å². The van der Waals surface area contributed by atoms with Crippen LogP contribution >= 0.6 is 0 Å². The summed E-state index contributed by atoms with van der Waals surface area (Å²) in [5.41, 5.74) is 2.79. The first-order valence-corrected chi connectivity index (χ1v) is 8.36. The van der Waals surface area contributed by atoms with Gasteiger partial charge in [0.1, 0.15) is 0 Å². The van der Waals surface area contributed by atoms with Crippen molar-refractivity contribution in [3.8, 4) is 0 Å². The molecule has 3 rings (SSSR count). The highest BCUT2D eigenvalue weighted by Gasteiger charge is 2.08. The van der Waals surface area contributed by atoms with Crippen LogP contribution in [0.1, 0.15) is 24.2 Å². The monoisotopic (exact) mass is 334 g/mol. The zero-order chi connectivity index (χ0) is 17.6. The van der Waals surface area contributed by atoms with Gasteiger partial charge in [-0.3, -0.25) is 4.79 Å². The quantitative estimate of drug-likeness (QED) is 0.645. The van der Waals surface area contributed by atoms with Crippen LogP contribution in [0.5, 0.6) is 0 Å². The number of aliphatic hydroxyl groups excluding tert-OH is 1. The van der Waals surface area contributed by atoms with Crippen molar-refractivity contribution in [3.05, 3.63) is 77.9 Å². The molecule has 0 spiro atoms. The number of hydrogen-bond donors (Lipinski definition) is 3. The lowest BCUT2D eigenvalue weighted by atomic mass is 10.0. The minimum absolute atomic E-state index is 0.0793. The van der Waals surface area contributed by atoms with E-state index in [1.807, 2.05) is 54.6 Å². The first-order valence-electron chi connectivity index (χ1n) is 8.36. The maximum absolute atomic E-state index is 11.0. The van der Waals surface area contributed by atoms with Gasteiger partial charge in [-0.05, 0) is 40.1 Å². The number of carbonyl (C=O) groups excluding carboxylic acids is 1. The van der Waals surface area contributed by atoms with Gasteiger partial charge in [-0.15, -0.1) is 0 Å². The minimum atomic E-state index is -0.553. The van der Waals surface area contributed by atoms with E-state index in [4.69, 9.17) is 0 Å². The summed E-state index contributed by atoms with van der Waals surface area (Å²) in [6.07, 6.45) is -0.553. The highest BCUT2D eigenvalue weighted by atomic mass is 16.3. The number of anilines is 1. The van der Waals surface area contributed by atoms with Crippen molar-refractivity contribution >= 4 is 22.4 Å². The lowest BCUT2D eigenvalue weighted by Crippen LogP contribution is -2.21. The normalized spacial score (nSPS) is 12.1. The molecule has 3 aromatic rings. The van der Waals surface area contributed by atoms with E-state index in [2.05, 4.69) is 22.8 Å². The van der Waals surface area contributed by atoms with Gasteiger partial charge in [0.15, 0.2) is 0 Å². The van der Waals surface area contributed by atoms with Crippen molar-refractivity contribution in [2.75, 3.05) is 11.9 Å². The van der Waals surface area contributed by atoms with Crippen LogP contribution in [0, 0.1) is 0 Å². The summed E-state index contributed by atoms with van der Waals surface area (Å²) >= 11 is 0. The summed E-state index contributed by atoms with van der Waals surface area (Å²) in [4.78, 5) is 11.0. The first-order chi connectivity index (χ1) is 12.1. The smallest absolute Gasteiger partial charge is 0.221 e. The summed E-state index contributed by atoms with van der Waals surface area (Å²) in [6.45, 7) is 2.63. The molecule has 0 aliphatic carbocycles. The number of fused-ring (bicyclic) bond motifs is 1. The molecule has 0 heterocycles. The zero-order valence-corrected chi connectivity index (χ0v) is 14.2. The molecule has 3 N–H and O–H groups in total. The molecular weight excluding hydrogens is 312 g/mol. The van der Waals surface area contributed by atoms with E-state index >= 15 is 0 Å². The highest BCUT2D eigenvalue weighted by Crippen LogP contribution is 2.20. The van der Waals surface area contributed by atoms with Crippen molar-refractivity contribution in [2.45, 2.75) is 19.6 Å². The average molecular weight is 334 g/mol. The third-order valence-electron chi connectivity index (χ3n) is 4.10. The number of rotatable bonds is 6. The van der Waals surface area contributed by atoms with Gasteiger partial charge in [0.25, 0.3) is 0 Å². The van der Waals surface area contributed by atoms with Crippen molar-refractivity contribution in [3.63, 3.8) is 0 Å². The minimum Gasteiger partial charge on any atom is -0.387 e. The molecule has 128 valence electrons. The van der Waals surface area contributed by atoms with Crippen molar-refractivity contribution < 1.29 is 9.90 Å². The Morgan fingerprint density at radius 2 is 1.72 bits per heavy atom. The molecular formula is C21H22N2O2. The van der Waals surface area contributed by atoms with Gasteiger partial charge in [0.05, 0.1) is 6.10 Å². The molecule has 0 radical (unpaired) electrons.